The first-order valence-corrected chi connectivity index (χ1v) is 6.51. The van der Waals surface area contributed by atoms with Crippen LogP contribution < -0.4 is 10.1 Å². The minimum absolute atomic E-state index is 0.130. The molecule has 2 atom stereocenters. The van der Waals surface area contributed by atoms with Crippen molar-refractivity contribution in [2.45, 2.75) is 37.8 Å². The van der Waals surface area contributed by atoms with Gasteiger partial charge in [-0.15, -0.1) is 0 Å². The van der Waals surface area contributed by atoms with E-state index in [1.807, 2.05) is 0 Å². The maximum absolute atomic E-state index is 12.7. The second-order valence-corrected chi connectivity index (χ2v) is 4.77. The quantitative estimate of drug-likeness (QED) is 0.871. The molecule has 0 saturated heterocycles. The molecule has 1 aromatic rings. The Morgan fingerprint density at radius 3 is 2.68 bits per heavy atom. The first-order valence-electron chi connectivity index (χ1n) is 6.51. The summed E-state index contributed by atoms with van der Waals surface area (Å²) in [6.45, 7) is -0.130. The topological polar surface area (TPSA) is 58.6 Å². The Morgan fingerprint density at radius 2 is 2.00 bits per heavy atom. The lowest BCUT2D eigenvalue weighted by molar-refractivity contribution is -0.125. The van der Waals surface area contributed by atoms with Crippen LogP contribution in [0, 0.1) is 5.82 Å². The van der Waals surface area contributed by atoms with Gasteiger partial charge < -0.3 is 15.2 Å². The summed E-state index contributed by atoms with van der Waals surface area (Å²) < 4.78 is 17.9. The van der Waals surface area contributed by atoms with Crippen molar-refractivity contribution in [1.82, 2.24) is 5.32 Å². The van der Waals surface area contributed by atoms with Crippen molar-refractivity contribution in [2.75, 3.05) is 6.61 Å². The molecule has 0 aliphatic heterocycles. The number of nitrogens with one attached hydrogen (secondary N) is 1. The molecule has 0 spiro atoms. The van der Waals surface area contributed by atoms with Crippen LogP contribution in [0.5, 0.6) is 5.75 Å². The summed E-state index contributed by atoms with van der Waals surface area (Å²) in [6, 6.07) is 5.31. The summed E-state index contributed by atoms with van der Waals surface area (Å²) in [7, 11) is 0. The Balaban J connectivity index is 1.76. The Kier molecular flexibility index (Phi) is 4.74. The van der Waals surface area contributed by atoms with Crippen LogP contribution in [0.2, 0.25) is 0 Å². The van der Waals surface area contributed by atoms with Crippen molar-refractivity contribution in [1.29, 1.82) is 0 Å². The van der Waals surface area contributed by atoms with Gasteiger partial charge >= 0.3 is 0 Å². The molecule has 0 radical (unpaired) electrons. The van der Waals surface area contributed by atoms with Crippen molar-refractivity contribution < 1.29 is 19.0 Å². The summed E-state index contributed by atoms with van der Waals surface area (Å²) in [5.41, 5.74) is 0. The lowest BCUT2D eigenvalue weighted by Crippen LogP contribution is -2.46. The largest absolute Gasteiger partial charge is 0.484 e. The van der Waals surface area contributed by atoms with E-state index in [2.05, 4.69) is 5.32 Å². The molecule has 1 amide bonds. The lowest BCUT2D eigenvalue weighted by atomic mass is 9.92. The van der Waals surface area contributed by atoms with Gasteiger partial charge in [0.15, 0.2) is 6.61 Å². The van der Waals surface area contributed by atoms with Gasteiger partial charge in [-0.1, -0.05) is 12.8 Å². The van der Waals surface area contributed by atoms with Gasteiger partial charge in [0.25, 0.3) is 5.91 Å². The van der Waals surface area contributed by atoms with E-state index in [1.165, 1.54) is 24.3 Å². The number of aliphatic hydroxyl groups is 1. The SMILES string of the molecule is O=C(COc1ccc(F)cc1)N[C@H]1CCCC[C@@H]1O. The third-order valence-electron chi connectivity index (χ3n) is 3.26. The lowest BCUT2D eigenvalue weighted by Gasteiger charge is -2.28. The molecule has 0 unspecified atom stereocenters. The molecule has 1 aromatic carbocycles. The molecule has 19 heavy (non-hydrogen) atoms. The first kappa shape index (κ1) is 13.8. The van der Waals surface area contributed by atoms with E-state index < -0.39 is 6.10 Å². The number of benzene rings is 1. The van der Waals surface area contributed by atoms with Crippen LogP contribution in [0.25, 0.3) is 0 Å². The minimum atomic E-state index is -0.469. The fourth-order valence-electron chi connectivity index (χ4n) is 2.21. The number of hydrogen-bond acceptors (Lipinski definition) is 3. The van der Waals surface area contributed by atoms with Crippen LogP contribution in [0.4, 0.5) is 4.39 Å². The molecule has 5 heteroatoms. The minimum Gasteiger partial charge on any atom is -0.484 e. The number of hydrogen-bond donors (Lipinski definition) is 2. The van der Waals surface area contributed by atoms with Gasteiger partial charge in [-0.05, 0) is 37.1 Å². The average molecular weight is 267 g/mol. The zero-order valence-electron chi connectivity index (χ0n) is 10.6. The summed E-state index contributed by atoms with van der Waals surface area (Å²) in [5.74, 6) is -0.168. The van der Waals surface area contributed by atoms with Gasteiger partial charge in [0.05, 0.1) is 12.1 Å². The van der Waals surface area contributed by atoms with Crippen molar-refractivity contribution in [3.8, 4) is 5.75 Å². The number of amides is 1. The van der Waals surface area contributed by atoms with E-state index in [4.69, 9.17) is 4.74 Å². The zero-order chi connectivity index (χ0) is 13.7. The van der Waals surface area contributed by atoms with Gasteiger partial charge in [-0.25, -0.2) is 4.39 Å². The molecular formula is C14H18FNO3. The van der Waals surface area contributed by atoms with Crippen LogP contribution in [-0.4, -0.2) is 29.8 Å². The maximum Gasteiger partial charge on any atom is 0.258 e. The highest BCUT2D eigenvalue weighted by Gasteiger charge is 2.24. The fraction of sp³-hybridized carbons (Fsp3) is 0.500. The Hall–Kier alpha value is -1.62. The predicted octanol–water partition coefficient (Wildman–Crippen LogP) is 1.62. The third-order valence-corrected chi connectivity index (χ3v) is 3.26. The monoisotopic (exact) mass is 267 g/mol. The molecule has 1 aliphatic rings. The zero-order valence-corrected chi connectivity index (χ0v) is 10.6. The number of aliphatic hydroxyl groups excluding tert-OH is 1. The second kappa shape index (κ2) is 6.52. The van der Waals surface area contributed by atoms with Crippen molar-refractivity contribution in [3.63, 3.8) is 0 Å². The highest BCUT2D eigenvalue weighted by Crippen LogP contribution is 2.18. The standard InChI is InChI=1S/C14H18FNO3/c15-10-5-7-11(8-6-10)19-9-14(18)16-12-3-1-2-4-13(12)17/h5-8,12-13,17H,1-4,9H2,(H,16,18)/t12-,13-/m0/s1. The number of rotatable bonds is 4. The molecule has 0 aromatic heterocycles. The Bertz CT molecular complexity index is 421. The molecule has 0 bridgehead atoms. The summed E-state index contributed by atoms with van der Waals surface area (Å²) >= 11 is 0. The molecule has 2 rings (SSSR count). The average Bonchev–Trinajstić information content (AvgIpc) is 2.41. The molecule has 1 fully saturated rings. The smallest absolute Gasteiger partial charge is 0.258 e. The summed E-state index contributed by atoms with van der Waals surface area (Å²) in [5, 5.41) is 12.5. The molecule has 0 heterocycles. The molecule has 104 valence electrons. The van der Waals surface area contributed by atoms with Crippen LogP contribution in [0.1, 0.15) is 25.7 Å². The Labute approximate surface area is 111 Å². The van der Waals surface area contributed by atoms with Crippen LogP contribution >= 0.6 is 0 Å². The molecule has 1 aliphatic carbocycles. The van der Waals surface area contributed by atoms with Crippen molar-refractivity contribution in [3.05, 3.63) is 30.1 Å². The van der Waals surface area contributed by atoms with E-state index in [9.17, 15) is 14.3 Å². The highest BCUT2D eigenvalue weighted by atomic mass is 19.1. The second-order valence-electron chi connectivity index (χ2n) is 4.77. The van der Waals surface area contributed by atoms with Gasteiger partial charge in [0.2, 0.25) is 0 Å². The molecule has 2 N–H and O–H groups in total. The number of carbonyl (C=O) groups excluding carboxylic acids is 1. The van der Waals surface area contributed by atoms with Crippen LogP contribution in [0.15, 0.2) is 24.3 Å². The third kappa shape index (κ3) is 4.21. The van der Waals surface area contributed by atoms with Gasteiger partial charge in [0.1, 0.15) is 11.6 Å². The summed E-state index contributed by atoms with van der Waals surface area (Å²) in [4.78, 5) is 11.7. The molecule has 1 saturated carbocycles. The maximum atomic E-state index is 12.7. The van der Waals surface area contributed by atoms with Gasteiger partial charge in [-0.3, -0.25) is 4.79 Å². The Morgan fingerprint density at radius 1 is 1.32 bits per heavy atom. The summed E-state index contributed by atoms with van der Waals surface area (Å²) in [6.07, 6.45) is 3.07. The molecule has 4 nitrogen and oxygen atoms in total. The van der Waals surface area contributed by atoms with Gasteiger partial charge in [-0.2, -0.15) is 0 Å². The van der Waals surface area contributed by atoms with E-state index in [1.54, 1.807) is 0 Å². The number of ether oxygens (including phenoxy) is 1. The van der Waals surface area contributed by atoms with Gasteiger partial charge in [0, 0.05) is 0 Å². The van der Waals surface area contributed by atoms with E-state index in [0.717, 1.165) is 25.7 Å². The first-order chi connectivity index (χ1) is 9.15. The fourth-order valence-corrected chi connectivity index (χ4v) is 2.21. The predicted molar refractivity (Wildman–Crippen MR) is 68.3 cm³/mol. The number of halogens is 1. The van der Waals surface area contributed by atoms with Crippen molar-refractivity contribution in [2.24, 2.45) is 0 Å². The van der Waals surface area contributed by atoms with Crippen molar-refractivity contribution >= 4 is 5.91 Å². The molecular weight excluding hydrogens is 249 g/mol. The van der Waals surface area contributed by atoms with Crippen LogP contribution in [-0.2, 0) is 4.79 Å². The number of carbonyl (C=O) groups is 1. The normalized spacial score (nSPS) is 22.8. The highest BCUT2D eigenvalue weighted by molar-refractivity contribution is 5.77. The van der Waals surface area contributed by atoms with Crippen LogP contribution in [0.3, 0.4) is 0 Å². The van der Waals surface area contributed by atoms with E-state index in [0.29, 0.717) is 5.75 Å². The van der Waals surface area contributed by atoms with E-state index >= 15 is 0 Å². The van der Waals surface area contributed by atoms with E-state index in [-0.39, 0.29) is 24.4 Å².